The number of aromatic nitrogens is 2. The molecule has 21 heavy (non-hydrogen) atoms. The third kappa shape index (κ3) is 3.11. The molecule has 6 heteroatoms. The first-order chi connectivity index (χ1) is 10.2. The van der Waals surface area contributed by atoms with E-state index in [1.165, 1.54) is 0 Å². The fourth-order valence-corrected chi connectivity index (χ4v) is 2.00. The van der Waals surface area contributed by atoms with Gasteiger partial charge in [0.25, 0.3) is 0 Å². The van der Waals surface area contributed by atoms with Gasteiger partial charge < -0.3 is 20.0 Å². The van der Waals surface area contributed by atoms with E-state index in [2.05, 4.69) is 15.3 Å². The Hall–Kier alpha value is -3.02. The molecule has 0 radical (unpaired) electrons. The van der Waals surface area contributed by atoms with Crippen molar-refractivity contribution >= 4 is 17.1 Å². The second-order valence-corrected chi connectivity index (χ2v) is 4.52. The zero-order chi connectivity index (χ0) is 14.7. The lowest BCUT2D eigenvalue weighted by Crippen LogP contribution is -2.26. The highest BCUT2D eigenvalue weighted by Crippen LogP contribution is 2.11. The van der Waals surface area contributed by atoms with Crippen LogP contribution in [0.15, 0.2) is 53.3 Å². The largest absolute Gasteiger partial charge is 0.412 e. The lowest BCUT2D eigenvalue weighted by molar-refractivity contribution is 0.200. The number of nitrogens with one attached hydrogen (secondary N) is 3. The van der Waals surface area contributed by atoms with Gasteiger partial charge in [-0.05, 0) is 29.8 Å². The monoisotopic (exact) mass is 283 g/mol. The van der Waals surface area contributed by atoms with E-state index in [9.17, 15) is 9.59 Å². The number of carbonyl (C=O) groups excluding carboxylic acids is 1. The number of para-hydroxylation sites is 1. The highest BCUT2D eigenvalue weighted by atomic mass is 16.6. The van der Waals surface area contributed by atoms with E-state index >= 15 is 0 Å². The third-order valence-electron chi connectivity index (χ3n) is 2.97. The number of ether oxygens (including phenoxy) is 1. The Labute approximate surface area is 119 Å². The molecule has 3 rings (SSSR count). The van der Waals surface area contributed by atoms with Gasteiger partial charge in [-0.2, -0.15) is 0 Å². The number of fused-ring (bicyclic) bond motifs is 1. The van der Waals surface area contributed by atoms with Crippen molar-refractivity contribution in [1.82, 2.24) is 15.3 Å². The highest BCUT2D eigenvalue weighted by molar-refractivity contribution is 5.75. The first kappa shape index (κ1) is 13.0. The van der Waals surface area contributed by atoms with Crippen molar-refractivity contribution in [3.63, 3.8) is 0 Å². The number of H-pyrrole nitrogens is 2. The normalized spacial score (nSPS) is 10.5. The second kappa shape index (κ2) is 5.54. The van der Waals surface area contributed by atoms with E-state index in [0.29, 0.717) is 17.8 Å². The maximum Gasteiger partial charge on any atom is 0.412 e. The van der Waals surface area contributed by atoms with Crippen LogP contribution in [0, 0.1) is 0 Å². The maximum absolute atomic E-state index is 11.7. The van der Waals surface area contributed by atoms with Crippen molar-refractivity contribution in [3.8, 4) is 5.75 Å². The molecule has 0 aliphatic carbocycles. The van der Waals surface area contributed by atoms with E-state index < -0.39 is 6.09 Å². The van der Waals surface area contributed by atoms with Crippen molar-refractivity contribution in [2.75, 3.05) is 0 Å². The van der Waals surface area contributed by atoms with E-state index in [1.807, 2.05) is 12.1 Å². The van der Waals surface area contributed by atoms with Gasteiger partial charge >= 0.3 is 11.8 Å². The Morgan fingerprint density at radius 1 is 1.05 bits per heavy atom. The van der Waals surface area contributed by atoms with E-state index in [4.69, 9.17) is 4.74 Å². The van der Waals surface area contributed by atoms with Gasteiger partial charge in [0.2, 0.25) is 0 Å². The predicted molar refractivity (Wildman–Crippen MR) is 78.2 cm³/mol. The van der Waals surface area contributed by atoms with Crippen LogP contribution in [0.25, 0.3) is 11.0 Å². The smallest absolute Gasteiger partial charge is 0.410 e. The molecule has 0 saturated heterocycles. The molecule has 106 valence electrons. The Balaban J connectivity index is 1.63. The van der Waals surface area contributed by atoms with Gasteiger partial charge in [-0.3, -0.25) is 0 Å². The molecular weight excluding hydrogens is 270 g/mol. The van der Waals surface area contributed by atoms with Crippen molar-refractivity contribution in [1.29, 1.82) is 0 Å². The summed E-state index contributed by atoms with van der Waals surface area (Å²) in [6, 6.07) is 14.2. The minimum absolute atomic E-state index is 0.251. The van der Waals surface area contributed by atoms with Crippen LogP contribution >= 0.6 is 0 Å². The summed E-state index contributed by atoms with van der Waals surface area (Å²) in [5, 5.41) is 2.66. The topological polar surface area (TPSA) is 87.0 Å². The SMILES string of the molecule is O=C(NCc1ccc2[nH]c(=O)[nH]c2c1)Oc1ccccc1. The number of hydrogen-bond acceptors (Lipinski definition) is 3. The summed E-state index contributed by atoms with van der Waals surface area (Å²) in [6.07, 6.45) is -0.524. The first-order valence-electron chi connectivity index (χ1n) is 6.42. The van der Waals surface area contributed by atoms with Gasteiger partial charge in [-0.15, -0.1) is 0 Å². The number of amides is 1. The molecule has 3 aromatic rings. The summed E-state index contributed by atoms with van der Waals surface area (Å²) < 4.78 is 5.11. The van der Waals surface area contributed by atoms with Gasteiger partial charge in [-0.1, -0.05) is 24.3 Å². The number of benzene rings is 2. The van der Waals surface area contributed by atoms with Crippen LogP contribution in [-0.2, 0) is 6.54 Å². The maximum atomic E-state index is 11.7. The standard InChI is InChI=1S/C15H13N3O3/c19-14-17-12-7-6-10(8-13(12)18-14)9-16-15(20)21-11-4-2-1-3-5-11/h1-8H,9H2,(H,16,20)(H2,17,18,19). The van der Waals surface area contributed by atoms with Gasteiger partial charge in [0.15, 0.2) is 0 Å². The van der Waals surface area contributed by atoms with Gasteiger partial charge in [0.05, 0.1) is 11.0 Å². The fraction of sp³-hybridized carbons (Fsp3) is 0.0667. The first-order valence-corrected chi connectivity index (χ1v) is 6.42. The predicted octanol–water partition coefficient (Wildman–Crippen LogP) is 2.14. The molecule has 0 spiro atoms. The third-order valence-corrected chi connectivity index (χ3v) is 2.97. The van der Waals surface area contributed by atoms with Crippen molar-refractivity contribution in [2.24, 2.45) is 0 Å². The summed E-state index contributed by atoms with van der Waals surface area (Å²) in [5.74, 6) is 0.486. The van der Waals surface area contributed by atoms with Crippen molar-refractivity contribution < 1.29 is 9.53 Å². The minimum Gasteiger partial charge on any atom is -0.410 e. The molecule has 0 fully saturated rings. The molecular formula is C15H13N3O3. The van der Waals surface area contributed by atoms with Crippen LogP contribution in [0.2, 0.25) is 0 Å². The number of aromatic amines is 2. The summed E-state index contributed by atoms with van der Waals surface area (Å²) in [4.78, 5) is 28.2. The quantitative estimate of drug-likeness (QED) is 0.688. The van der Waals surface area contributed by atoms with Crippen LogP contribution < -0.4 is 15.7 Å². The van der Waals surface area contributed by atoms with Crippen LogP contribution in [0.3, 0.4) is 0 Å². The summed E-state index contributed by atoms with van der Waals surface area (Å²) in [6.45, 7) is 0.314. The lowest BCUT2D eigenvalue weighted by Gasteiger charge is -2.06. The molecule has 0 unspecified atom stereocenters. The zero-order valence-corrected chi connectivity index (χ0v) is 11.1. The molecule has 0 bridgehead atoms. The number of carbonyl (C=O) groups is 1. The molecule has 2 aromatic carbocycles. The van der Waals surface area contributed by atoms with E-state index in [1.54, 1.807) is 36.4 Å². The molecule has 1 amide bonds. The molecule has 1 heterocycles. The zero-order valence-electron chi connectivity index (χ0n) is 11.1. The Kier molecular flexibility index (Phi) is 3.42. The minimum atomic E-state index is -0.524. The average Bonchev–Trinajstić information content (AvgIpc) is 2.85. The molecule has 0 saturated carbocycles. The average molecular weight is 283 g/mol. The van der Waals surface area contributed by atoms with Gasteiger partial charge in [0.1, 0.15) is 5.75 Å². The molecule has 0 atom stereocenters. The van der Waals surface area contributed by atoms with Crippen LogP contribution in [0.4, 0.5) is 4.79 Å². The Morgan fingerprint density at radius 2 is 1.81 bits per heavy atom. The van der Waals surface area contributed by atoms with Crippen LogP contribution in [0.5, 0.6) is 5.75 Å². The number of imidazole rings is 1. The molecule has 1 aromatic heterocycles. The fourth-order valence-electron chi connectivity index (χ4n) is 2.00. The van der Waals surface area contributed by atoms with Gasteiger partial charge in [-0.25, -0.2) is 9.59 Å². The van der Waals surface area contributed by atoms with E-state index in [0.717, 1.165) is 11.1 Å². The van der Waals surface area contributed by atoms with E-state index in [-0.39, 0.29) is 5.69 Å². The summed E-state index contributed by atoms with van der Waals surface area (Å²) in [7, 11) is 0. The molecule has 0 aliphatic rings. The number of hydrogen-bond donors (Lipinski definition) is 3. The van der Waals surface area contributed by atoms with Crippen LogP contribution in [-0.4, -0.2) is 16.1 Å². The van der Waals surface area contributed by atoms with Crippen molar-refractivity contribution in [3.05, 3.63) is 64.6 Å². The molecule has 6 nitrogen and oxygen atoms in total. The molecule has 0 aliphatic heterocycles. The van der Waals surface area contributed by atoms with Crippen LogP contribution in [0.1, 0.15) is 5.56 Å². The highest BCUT2D eigenvalue weighted by Gasteiger charge is 2.05. The molecule has 3 N–H and O–H groups in total. The Morgan fingerprint density at radius 3 is 2.62 bits per heavy atom. The van der Waals surface area contributed by atoms with Gasteiger partial charge in [0, 0.05) is 6.54 Å². The lowest BCUT2D eigenvalue weighted by atomic mass is 10.2. The number of rotatable bonds is 3. The van der Waals surface area contributed by atoms with Crippen molar-refractivity contribution in [2.45, 2.75) is 6.54 Å². The Bertz CT molecular complexity index is 821. The second-order valence-electron chi connectivity index (χ2n) is 4.52. The summed E-state index contributed by atoms with van der Waals surface area (Å²) >= 11 is 0. The summed E-state index contributed by atoms with van der Waals surface area (Å²) in [5.41, 5.74) is 2.05.